The number of hydrogen-bond donors (Lipinski definition) is 2. The lowest BCUT2D eigenvalue weighted by Crippen LogP contribution is -2.10. The highest BCUT2D eigenvalue weighted by atomic mass is 16.3. The number of carbonyl (C=O) groups is 1. The summed E-state index contributed by atoms with van der Waals surface area (Å²) in [5.74, 6) is -0.747. The predicted molar refractivity (Wildman–Crippen MR) is 73.3 cm³/mol. The summed E-state index contributed by atoms with van der Waals surface area (Å²) in [7, 11) is 0. The predicted octanol–water partition coefficient (Wildman–Crippen LogP) is 2.29. The molecule has 19 heavy (non-hydrogen) atoms. The molecular weight excluding hydrogens is 242 g/mol. The quantitative estimate of drug-likeness (QED) is 0.653. The minimum absolute atomic E-state index is 0.117. The molecule has 0 spiro atoms. The largest absolute Gasteiger partial charge is 0.494 e. The number of nitrogens with one attached hydrogen (secondary N) is 1. The van der Waals surface area contributed by atoms with Gasteiger partial charge in [-0.3, -0.25) is 14.6 Å². The van der Waals surface area contributed by atoms with E-state index in [2.05, 4.69) is 4.98 Å². The third kappa shape index (κ3) is 2.98. The van der Waals surface area contributed by atoms with Gasteiger partial charge in [0, 0.05) is 6.07 Å². The van der Waals surface area contributed by atoms with Crippen molar-refractivity contribution in [2.75, 3.05) is 0 Å². The highest BCUT2D eigenvalue weighted by Gasteiger charge is 2.12. The van der Waals surface area contributed by atoms with Gasteiger partial charge < -0.3 is 5.11 Å². The first kappa shape index (κ1) is 12.8. The topological polar surface area (TPSA) is 70.2 Å². The normalized spacial score (nSPS) is 10.8. The van der Waals surface area contributed by atoms with Crippen molar-refractivity contribution in [3.63, 3.8) is 0 Å². The first-order valence-electron chi connectivity index (χ1n) is 5.78. The molecule has 0 saturated carbocycles. The Hall–Kier alpha value is -2.62. The first-order chi connectivity index (χ1) is 9.08. The molecule has 96 valence electrons. The lowest BCUT2D eigenvalue weighted by atomic mass is 10.1. The van der Waals surface area contributed by atoms with Crippen molar-refractivity contribution < 1.29 is 9.90 Å². The number of rotatable bonds is 3. The van der Waals surface area contributed by atoms with E-state index in [9.17, 15) is 14.7 Å². The summed E-state index contributed by atoms with van der Waals surface area (Å²) in [6, 6.07) is 10.6. The molecule has 2 N–H and O–H groups in total. The highest BCUT2D eigenvalue weighted by Crippen LogP contribution is 2.17. The average Bonchev–Trinajstić information content (AvgIpc) is 2.36. The number of carbonyl (C=O) groups excluding carboxylic acids is 1. The van der Waals surface area contributed by atoms with Crippen molar-refractivity contribution in [2.45, 2.75) is 6.92 Å². The Bertz CT molecular complexity index is 658. The molecule has 0 aliphatic carbocycles. The van der Waals surface area contributed by atoms with Crippen molar-refractivity contribution in [3.8, 4) is 5.88 Å². The lowest BCUT2D eigenvalue weighted by Gasteiger charge is -2.03. The Morgan fingerprint density at radius 2 is 1.95 bits per heavy atom. The van der Waals surface area contributed by atoms with Gasteiger partial charge in [0.2, 0.25) is 5.88 Å². The Balaban J connectivity index is 2.31. The summed E-state index contributed by atoms with van der Waals surface area (Å²) in [5, 5.41) is 9.63. The molecule has 1 aromatic heterocycles. The van der Waals surface area contributed by atoms with Gasteiger partial charge in [0.15, 0.2) is 5.78 Å². The second-order valence-corrected chi connectivity index (χ2v) is 4.15. The van der Waals surface area contributed by atoms with Crippen LogP contribution in [0, 0.1) is 6.92 Å². The summed E-state index contributed by atoms with van der Waals surface area (Å²) in [6.45, 7) is 1.61. The second-order valence-electron chi connectivity index (χ2n) is 4.15. The Labute approximate surface area is 110 Å². The van der Waals surface area contributed by atoms with Gasteiger partial charge in [-0.25, -0.2) is 0 Å². The summed E-state index contributed by atoms with van der Waals surface area (Å²) in [5.41, 5.74) is 1.02. The monoisotopic (exact) mass is 255 g/mol. The van der Waals surface area contributed by atoms with Crippen LogP contribution in [0.25, 0.3) is 6.08 Å². The highest BCUT2D eigenvalue weighted by molar-refractivity contribution is 6.09. The molecule has 2 rings (SSSR count). The number of aryl methyl sites for hydroxylation is 1. The lowest BCUT2D eigenvalue weighted by molar-refractivity contribution is 0.104. The van der Waals surface area contributed by atoms with Crippen LogP contribution >= 0.6 is 0 Å². The maximum absolute atomic E-state index is 12.0. The molecule has 0 saturated heterocycles. The molecule has 0 radical (unpaired) electrons. The third-order valence-electron chi connectivity index (χ3n) is 2.69. The van der Waals surface area contributed by atoms with Crippen LogP contribution < -0.4 is 5.56 Å². The number of benzene rings is 1. The smallest absolute Gasteiger partial charge is 0.250 e. The van der Waals surface area contributed by atoms with Gasteiger partial charge in [-0.2, -0.15) is 0 Å². The summed E-state index contributed by atoms with van der Waals surface area (Å²) < 4.78 is 0. The maximum Gasteiger partial charge on any atom is 0.250 e. The van der Waals surface area contributed by atoms with Gasteiger partial charge in [0.25, 0.3) is 5.56 Å². The number of ketones is 1. The molecule has 4 heteroatoms. The van der Waals surface area contributed by atoms with Crippen LogP contribution in [0.2, 0.25) is 0 Å². The number of aromatic nitrogens is 1. The first-order valence-corrected chi connectivity index (χ1v) is 5.78. The van der Waals surface area contributed by atoms with E-state index in [1.807, 2.05) is 30.3 Å². The fourth-order valence-corrected chi connectivity index (χ4v) is 1.80. The van der Waals surface area contributed by atoms with Gasteiger partial charge in [-0.05, 0) is 24.1 Å². The van der Waals surface area contributed by atoms with Crippen molar-refractivity contribution in [2.24, 2.45) is 0 Å². The average molecular weight is 255 g/mol. The van der Waals surface area contributed by atoms with E-state index in [4.69, 9.17) is 0 Å². The van der Waals surface area contributed by atoms with Crippen molar-refractivity contribution in [1.82, 2.24) is 4.98 Å². The van der Waals surface area contributed by atoms with Crippen LogP contribution in [0.4, 0.5) is 0 Å². The van der Waals surface area contributed by atoms with Crippen LogP contribution in [-0.2, 0) is 0 Å². The molecule has 0 aliphatic rings. The molecule has 1 heterocycles. The number of H-pyrrole nitrogens is 1. The summed E-state index contributed by atoms with van der Waals surface area (Å²) >= 11 is 0. The Morgan fingerprint density at radius 1 is 1.26 bits per heavy atom. The van der Waals surface area contributed by atoms with Crippen LogP contribution in [0.15, 0.2) is 47.3 Å². The number of hydrogen-bond acceptors (Lipinski definition) is 3. The summed E-state index contributed by atoms with van der Waals surface area (Å²) in [4.78, 5) is 25.3. The number of allylic oxidation sites excluding steroid dienone is 1. The number of pyridine rings is 1. The van der Waals surface area contributed by atoms with Crippen molar-refractivity contribution in [3.05, 3.63) is 69.5 Å². The van der Waals surface area contributed by atoms with Gasteiger partial charge in [0.05, 0.1) is 5.56 Å². The molecule has 0 unspecified atom stereocenters. The zero-order valence-electron chi connectivity index (χ0n) is 10.4. The van der Waals surface area contributed by atoms with E-state index in [0.717, 1.165) is 5.56 Å². The molecule has 1 aromatic carbocycles. The third-order valence-corrected chi connectivity index (χ3v) is 2.69. The van der Waals surface area contributed by atoms with Crippen LogP contribution in [0.1, 0.15) is 21.5 Å². The standard InChI is InChI=1S/C15H13NO3/c1-10-9-13(18)16-15(19)14(10)12(17)8-7-11-5-3-2-4-6-11/h2-9H,1H3,(H2,16,18,19). The minimum atomic E-state index is -0.432. The van der Waals surface area contributed by atoms with Crippen LogP contribution in [-0.4, -0.2) is 15.9 Å². The van der Waals surface area contributed by atoms with Crippen LogP contribution in [0.3, 0.4) is 0 Å². The minimum Gasteiger partial charge on any atom is -0.494 e. The summed E-state index contributed by atoms with van der Waals surface area (Å²) in [6.07, 6.45) is 3.03. The molecular formula is C15H13NO3. The number of aromatic hydroxyl groups is 1. The maximum atomic E-state index is 12.0. The molecule has 2 aromatic rings. The molecule has 0 fully saturated rings. The van der Waals surface area contributed by atoms with Gasteiger partial charge >= 0.3 is 0 Å². The van der Waals surface area contributed by atoms with Gasteiger partial charge in [-0.1, -0.05) is 36.4 Å². The van der Waals surface area contributed by atoms with E-state index in [1.54, 1.807) is 13.0 Å². The van der Waals surface area contributed by atoms with E-state index in [0.29, 0.717) is 5.56 Å². The molecule has 0 bridgehead atoms. The van der Waals surface area contributed by atoms with Gasteiger partial charge in [0.1, 0.15) is 0 Å². The second kappa shape index (κ2) is 5.35. The Morgan fingerprint density at radius 3 is 2.58 bits per heavy atom. The molecule has 0 aliphatic heterocycles. The van der Waals surface area contributed by atoms with Crippen molar-refractivity contribution >= 4 is 11.9 Å². The van der Waals surface area contributed by atoms with E-state index in [1.165, 1.54) is 12.1 Å². The zero-order valence-corrected chi connectivity index (χ0v) is 10.4. The number of aromatic amines is 1. The van der Waals surface area contributed by atoms with E-state index < -0.39 is 11.4 Å². The zero-order chi connectivity index (χ0) is 13.8. The fraction of sp³-hybridized carbons (Fsp3) is 0.0667. The van der Waals surface area contributed by atoms with Gasteiger partial charge in [-0.15, -0.1) is 0 Å². The Kier molecular flexibility index (Phi) is 3.61. The fourth-order valence-electron chi connectivity index (χ4n) is 1.80. The molecule has 4 nitrogen and oxygen atoms in total. The van der Waals surface area contributed by atoms with E-state index >= 15 is 0 Å². The van der Waals surface area contributed by atoms with E-state index in [-0.39, 0.29) is 11.3 Å². The molecule has 0 amide bonds. The SMILES string of the molecule is Cc1cc(=O)[nH]c(O)c1C(=O)C=Cc1ccccc1. The van der Waals surface area contributed by atoms with Crippen molar-refractivity contribution in [1.29, 1.82) is 0 Å². The molecule has 0 atom stereocenters. The van der Waals surface area contributed by atoms with Crippen LogP contribution in [0.5, 0.6) is 5.88 Å².